The molecule has 1 heteroatoms. The van der Waals surface area contributed by atoms with Crippen molar-refractivity contribution in [2.45, 2.75) is 167 Å². The van der Waals surface area contributed by atoms with Crippen LogP contribution in [0.2, 0.25) is 0 Å². The predicted molar refractivity (Wildman–Crippen MR) is 176 cm³/mol. The summed E-state index contributed by atoms with van der Waals surface area (Å²) in [5, 5.41) is 3.72. The van der Waals surface area contributed by atoms with Crippen molar-refractivity contribution in [2.24, 2.45) is 46.3 Å². The number of fused-ring (bicyclic) bond motifs is 3. The van der Waals surface area contributed by atoms with Gasteiger partial charge in [-0.05, 0) is 136 Å². The fraction of sp³-hybridized carbons (Fsp3) is 0.946. The molecule has 1 N–H and O–H groups in total. The Morgan fingerprint density at radius 2 is 1.47 bits per heavy atom. The lowest BCUT2D eigenvalue weighted by Gasteiger charge is -2.61. The smallest absolute Gasteiger partial charge is 0.00461 e. The van der Waals surface area contributed by atoms with Crippen LogP contribution in [0.25, 0.3) is 0 Å². The zero-order chi connectivity index (χ0) is 29.4. The first kappa shape index (κ1) is 37.7. The summed E-state index contributed by atoms with van der Waals surface area (Å²) in [7, 11) is 0. The topological polar surface area (TPSA) is 12.0 Å². The summed E-state index contributed by atoms with van der Waals surface area (Å²) in [6, 6.07) is 0. The van der Waals surface area contributed by atoms with Crippen LogP contribution in [0.4, 0.5) is 0 Å². The van der Waals surface area contributed by atoms with E-state index in [9.17, 15) is 0 Å². The molecular weight excluding hydrogens is 458 g/mol. The third-order valence-corrected chi connectivity index (χ3v) is 11.1. The summed E-state index contributed by atoms with van der Waals surface area (Å²) in [5.41, 5.74) is 2.65. The Morgan fingerprint density at radius 3 is 2.05 bits per heavy atom. The molecule has 0 bridgehead atoms. The molecule has 8 atom stereocenters. The van der Waals surface area contributed by atoms with E-state index in [0.717, 1.165) is 41.9 Å². The lowest BCUT2D eigenvalue weighted by Crippen LogP contribution is -2.55. The molecule has 0 saturated heterocycles. The van der Waals surface area contributed by atoms with E-state index in [1.54, 1.807) is 0 Å². The van der Waals surface area contributed by atoms with Gasteiger partial charge in [-0.15, -0.1) is 0 Å². The van der Waals surface area contributed by atoms with Gasteiger partial charge in [0, 0.05) is 0 Å². The molecule has 0 aromatic heterocycles. The van der Waals surface area contributed by atoms with Gasteiger partial charge in [0.05, 0.1) is 0 Å². The zero-order valence-electron chi connectivity index (χ0n) is 28.8. The Labute approximate surface area is 243 Å². The van der Waals surface area contributed by atoms with Crippen LogP contribution in [0, 0.1) is 46.3 Å². The minimum atomic E-state index is 0.568. The van der Waals surface area contributed by atoms with E-state index >= 15 is 0 Å². The lowest BCUT2D eigenvalue weighted by molar-refractivity contribution is -0.126. The van der Waals surface area contributed by atoms with E-state index in [2.05, 4.69) is 53.4 Å². The molecule has 3 aliphatic carbocycles. The molecule has 1 nitrogen and oxygen atoms in total. The van der Waals surface area contributed by atoms with Crippen molar-refractivity contribution in [1.29, 1.82) is 0 Å². The number of nitrogens with one attached hydrogen (secondary N) is 1. The number of hydrogen-bond acceptors (Lipinski definition) is 1. The number of allylic oxidation sites excluding steroid dienone is 1. The minimum absolute atomic E-state index is 0.568. The van der Waals surface area contributed by atoms with Gasteiger partial charge in [0.1, 0.15) is 0 Å². The summed E-state index contributed by atoms with van der Waals surface area (Å²) in [4.78, 5) is 0. The van der Waals surface area contributed by atoms with Crippen molar-refractivity contribution in [3.05, 3.63) is 12.2 Å². The third kappa shape index (κ3) is 9.11. The largest absolute Gasteiger partial charge is 0.317 e. The Balaban J connectivity index is 0.00000213. The van der Waals surface area contributed by atoms with Gasteiger partial charge >= 0.3 is 0 Å². The maximum atomic E-state index is 4.27. The number of rotatable bonds is 12. The molecular formula is C37H75N. The molecule has 0 heterocycles. The highest BCUT2D eigenvalue weighted by atomic mass is 14.8. The van der Waals surface area contributed by atoms with Crippen LogP contribution in [0.3, 0.4) is 0 Å². The summed E-state index contributed by atoms with van der Waals surface area (Å²) in [6.07, 6.45) is 18.2. The van der Waals surface area contributed by atoms with Crippen LogP contribution in [-0.4, -0.2) is 13.1 Å². The van der Waals surface area contributed by atoms with E-state index < -0.39 is 0 Å². The van der Waals surface area contributed by atoms with Gasteiger partial charge in [0.15, 0.2) is 0 Å². The summed E-state index contributed by atoms with van der Waals surface area (Å²) in [6.45, 7) is 33.8. The summed E-state index contributed by atoms with van der Waals surface area (Å²) >= 11 is 0. The highest BCUT2D eigenvalue weighted by molar-refractivity contribution is 5.09. The normalized spacial score (nSPS) is 35.3. The van der Waals surface area contributed by atoms with Crippen molar-refractivity contribution < 1.29 is 0 Å². The van der Waals surface area contributed by atoms with Crippen LogP contribution in [0.15, 0.2) is 12.2 Å². The Bertz CT molecular complexity index is 596. The van der Waals surface area contributed by atoms with Crippen LogP contribution >= 0.6 is 0 Å². The van der Waals surface area contributed by atoms with Crippen molar-refractivity contribution in [3.63, 3.8) is 0 Å². The second kappa shape index (κ2) is 19.7. The van der Waals surface area contributed by atoms with Crippen LogP contribution in [0.1, 0.15) is 167 Å². The Morgan fingerprint density at radius 1 is 0.816 bits per heavy atom. The predicted octanol–water partition coefficient (Wildman–Crippen LogP) is 12.1. The van der Waals surface area contributed by atoms with E-state index in [1.807, 2.05) is 41.5 Å². The van der Waals surface area contributed by atoms with Gasteiger partial charge in [-0.3, -0.25) is 0 Å². The fourth-order valence-electron chi connectivity index (χ4n) is 9.25. The Hall–Kier alpha value is -0.300. The van der Waals surface area contributed by atoms with Crippen LogP contribution in [-0.2, 0) is 0 Å². The standard InChI is InChI=1S/C31H57N.3C2H6/c1-8-18-30(6)26(17-21-32-20-9-2)22-24(5)29-27-15-14-25(13-11-12-23(4)10-3)31(27,7)19-16-28(29)30;3*1-2/h24-29,32H,4,8-22H2,1-3,5-7H3;3*1-2H3/t24-,25?,26?,27?,28?,29?,30?,31?;;;/m1.../s1. The second-order valence-corrected chi connectivity index (χ2v) is 12.8. The first-order valence-electron chi connectivity index (χ1n) is 17.7. The van der Waals surface area contributed by atoms with Gasteiger partial charge in [0.25, 0.3) is 0 Å². The van der Waals surface area contributed by atoms with Gasteiger partial charge in [-0.25, -0.2) is 0 Å². The van der Waals surface area contributed by atoms with Gasteiger partial charge in [0.2, 0.25) is 0 Å². The van der Waals surface area contributed by atoms with E-state index in [1.165, 1.54) is 95.7 Å². The molecule has 3 fully saturated rings. The van der Waals surface area contributed by atoms with Gasteiger partial charge < -0.3 is 5.32 Å². The van der Waals surface area contributed by atoms with Crippen molar-refractivity contribution in [2.75, 3.05) is 13.1 Å². The van der Waals surface area contributed by atoms with E-state index in [-0.39, 0.29) is 0 Å². The Kier molecular flexibility index (Phi) is 19.6. The summed E-state index contributed by atoms with van der Waals surface area (Å²) in [5.74, 6) is 5.76. The molecule has 0 spiro atoms. The van der Waals surface area contributed by atoms with Gasteiger partial charge in [-0.2, -0.15) is 0 Å². The van der Waals surface area contributed by atoms with Crippen molar-refractivity contribution >= 4 is 0 Å². The molecule has 0 aromatic carbocycles. The van der Waals surface area contributed by atoms with Gasteiger partial charge in [-0.1, -0.05) is 102 Å². The molecule has 228 valence electrons. The monoisotopic (exact) mass is 534 g/mol. The summed E-state index contributed by atoms with van der Waals surface area (Å²) < 4.78 is 0. The molecule has 0 aromatic rings. The molecule has 0 aliphatic heterocycles. The maximum Gasteiger partial charge on any atom is -0.00461 e. The SMILES string of the molecule is C=C(CC)CCCC1CCC2C3C(CCC12C)C(C)(CCC)C(CCNCCC)C[C@H]3C.CC.CC.CC. The molecule has 0 amide bonds. The van der Waals surface area contributed by atoms with Crippen molar-refractivity contribution in [3.8, 4) is 0 Å². The molecule has 7 unspecified atom stereocenters. The quantitative estimate of drug-likeness (QED) is 0.194. The highest BCUT2D eigenvalue weighted by Gasteiger charge is 2.60. The van der Waals surface area contributed by atoms with Crippen LogP contribution < -0.4 is 5.32 Å². The average Bonchev–Trinajstić information content (AvgIpc) is 3.28. The van der Waals surface area contributed by atoms with E-state index in [0.29, 0.717) is 10.8 Å². The molecule has 38 heavy (non-hydrogen) atoms. The highest BCUT2D eigenvalue weighted by Crippen LogP contribution is 2.68. The van der Waals surface area contributed by atoms with Crippen molar-refractivity contribution in [1.82, 2.24) is 5.32 Å². The van der Waals surface area contributed by atoms with Crippen LogP contribution in [0.5, 0.6) is 0 Å². The third-order valence-electron chi connectivity index (χ3n) is 11.1. The average molecular weight is 534 g/mol. The first-order valence-corrected chi connectivity index (χ1v) is 17.7. The molecule has 3 rings (SSSR count). The number of hydrogen-bond donors (Lipinski definition) is 1. The van der Waals surface area contributed by atoms with E-state index in [4.69, 9.17) is 0 Å². The minimum Gasteiger partial charge on any atom is -0.317 e. The maximum absolute atomic E-state index is 4.27. The second-order valence-electron chi connectivity index (χ2n) is 12.8. The fourth-order valence-corrected chi connectivity index (χ4v) is 9.25. The first-order chi connectivity index (χ1) is 18.3. The zero-order valence-corrected chi connectivity index (χ0v) is 28.8. The lowest BCUT2D eigenvalue weighted by atomic mass is 9.43. The molecule has 0 radical (unpaired) electrons. The molecule has 3 saturated carbocycles. The molecule has 3 aliphatic rings.